The SMILES string of the molecule is O=CC1=CC(C(=O)O)=C(Cl)CC1. The van der Waals surface area contributed by atoms with Crippen LogP contribution in [0.5, 0.6) is 0 Å². The lowest BCUT2D eigenvalue weighted by atomic mass is 10.0. The Morgan fingerprint density at radius 3 is 2.75 bits per heavy atom. The fourth-order valence-corrected chi connectivity index (χ4v) is 1.23. The molecule has 0 bridgehead atoms. The number of aldehydes is 1. The van der Waals surface area contributed by atoms with Gasteiger partial charge in [0.2, 0.25) is 0 Å². The maximum Gasteiger partial charge on any atom is 0.336 e. The van der Waals surface area contributed by atoms with E-state index >= 15 is 0 Å². The van der Waals surface area contributed by atoms with E-state index in [0.717, 1.165) is 0 Å². The molecule has 0 atom stereocenters. The minimum Gasteiger partial charge on any atom is -0.478 e. The Balaban J connectivity index is 3.02. The Morgan fingerprint density at radius 2 is 2.25 bits per heavy atom. The molecule has 4 heteroatoms. The van der Waals surface area contributed by atoms with Crippen LogP contribution in [-0.4, -0.2) is 17.4 Å². The highest BCUT2D eigenvalue weighted by Gasteiger charge is 2.16. The van der Waals surface area contributed by atoms with Gasteiger partial charge in [-0.3, -0.25) is 4.79 Å². The third kappa shape index (κ3) is 1.74. The number of carboxylic acids is 1. The van der Waals surface area contributed by atoms with Gasteiger partial charge in [-0.25, -0.2) is 4.79 Å². The molecule has 1 aliphatic carbocycles. The molecule has 0 spiro atoms. The Morgan fingerprint density at radius 1 is 1.58 bits per heavy atom. The summed E-state index contributed by atoms with van der Waals surface area (Å²) in [5.74, 6) is -1.08. The van der Waals surface area contributed by atoms with Gasteiger partial charge in [-0.1, -0.05) is 11.6 Å². The van der Waals surface area contributed by atoms with Crippen LogP contribution >= 0.6 is 11.6 Å². The van der Waals surface area contributed by atoms with Crippen molar-refractivity contribution in [3.05, 3.63) is 22.3 Å². The van der Waals surface area contributed by atoms with Crippen molar-refractivity contribution in [3.8, 4) is 0 Å². The summed E-state index contributed by atoms with van der Waals surface area (Å²) in [5.41, 5.74) is 0.516. The van der Waals surface area contributed by atoms with Crippen molar-refractivity contribution in [2.24, 2.45) is 0 Å². The molecular weight excluding hydrogens is 180 g/mol. The summed E-state index contributed by atoms with van der Waals surface area (Å²) >= 11 is 5.64. The lowest BCUT2D eigenvalue weighted by molar-refractivity contribution is -0.132. The van der Waals surface area contributed by atoms with Gasteiger partial charge in [0, 0.05) is 5.03 Å². The predicted molar refractivity (Wildman–Crippen MR) is 43.9 cm³/mol. The molecule has 0 heterocycles. The molecule has 0 fully saturated rings. The predicted octanol–water partition coefficient (Wildman–Crippen LogP) is 1.48. The molecule has 1 aliphatic rings. The van der Waals surface area contributed by atoms with Crippen LogP contribution in [0.2, 0.25) is 0 Å². The summed E-state index contributed by atoms with van der Waals surface area (Å²) in [5, 5.41) is 8.93. The highest BCUT2D eigenvalue weighted by molar-refractivity contribution is 6.32. The minimum atomic E-state index is -1.08. The zero-order chi connectivity index (χ0) is 9.14. The topological polar surface area (TPSA) is 54.4 Å². The van der Waals surface area contributed by atoms with Gasteiger partial charge in [-0.2, -0.15) is 0 Å². The summed E-state index contributed by atoms with van der Waals surface area (Å²) in [4.78, 5) is 20.8. The van der Waals surface area contributed by atoms with Gasteiger partial charge in [0.05, 0.1) is 5.57 Å². The van der Waals surface area contributed by atoms with Crippen molar-refractivity contribution >= 4 is 23.9 Å². The van der Waals surface area contributed by atoms with E-state index in [2.05, 4.69) is 0 Å². The second-order valence-corrected chi connectivity index (χ2v) is 2.92. The molecule has 0 saturated carbocycles. The number of rotatable bonds is 2. The van der Waals surface area contributed by atoms with Crippen molar-refractivity contribution in [1.29, 1.82) is 0 Å². The van der Waals surface area contributed by atoms with E-state index in [9.17, 15) is 9.59 Å². The van der Waals surface area contributed by atoms with Gasteiger partial charge in [0.15, 0.2) is 0 Å². The first kappa shape index (κ1) is 9.00. The Labute approximate surface area is 74.3 Å². The molecule has 0 amide bonds. The average Bonchev–Trinajstić information content (AvgIpc) is 2.05. The van der Waals surface area contributed by atoms with E-state index in [1.54, 1.807) is 0 Å². The number of carboxylic acid groups (broad SMARTS) is 1. The van der Waals surface area contributed by atoms with Gasteiger partial charge in [0.25, 0.3) is 0 Å². The van der Waals surface area contributed by atoms with Crippen LogP contribution in [0.3, 0.4) is 0 Å². The quantitative estimate of drug-likeness (QED) is 0.665. The number of allylic oxidation sites excluding steroid dienone is 2. The highest BCUT2D eigenvalue weighted by Crippen LogP contribution is 2.25. The van der Waals surface area contributed by atoms with E-state index in [-0.39, 0.29) is 5.57 Å². The number of carbonyl (C=O) groups is 2. The molecule has 12 heavy (non-hydrogen) atoms. The van der Waals surface area contributed by atoms with Crippen molar-refractivity contribution < 1.29 is 14.7 Å². The fourth-order valence-electron chi connectivity index (χ4n) is 0.995. The Bertz CT molecular complexity index is 289. The van der Waals surface area contributed by atoms with Gasteiger partial charge in [-0.05, 0) is 24.5 Å². The lowest BCUT2D eigenvalue weighted by Gasteiger charge is -2.09. The van der Waals surface area contributed by atoms with Crippen LogP contribution in [0.15, 0.2) is 22.3 Å². The highest BCUT2D eigenvalue weighted by atomic mass is 35.5. The maximum absolute atomic E-state index is 10.5. The largest absolute Gasteiger partial charge is 0.478 e. The molecule has 0 aromatic rings. The smallest absolute Gasteiger partial charge is 0.336 e. The monoisotopic (exact) mass is 186 g/mol. The first-order chi connectivity index (χ1) is 5.65. The molecule has 1 rings (SSSR count). The summed E-state index contributed by atoms with van der Waals surface area (Å²) in [7, 11) is 0. The van der Waals surface area contributed by atoms with Crippen LogP contribution < -0.4 is 0 Å². The number of aliphatic carboxylic acids is 1. The lowest BCUT2D eigenvalue weighted by Crippen LogP contribution is -2.05. The first-order valence-electron chi connectivity index (χ1n) is 3.43. The average molecular weight is 187 g/mol. The third-order valence-electron chi connectivity index (χ3n) is 1.64. The van der Waals surface area contributed by atoms with Gasteiger partial charge in [-0.15, -0.1) is 0 Å². The second kappa shape index (κ2) is 3.54. The number of carbonyl (C=O) groups excluding carboxylic acids is 1. The Hall–Kier alpha value is -1.09. The van der Waals surface area contributed by atoms with E-state index in [0.29, 0.717) is 29.7 Å². The van der Waals surface area contributed by atoms with E-state index < -0.39 is 5.97 Å². The molecule has 3 nitrogen and oxygen atoms in total. The zero-order valence-electron chi connectivity index (χ0n) is 6.21. The zero-order valence-corrected chi connectivity index (χ0v) is 6.97. The second-order valence-electron chi connectivity index (χ2n) is 2.46. The normalized spacial score (nSPS) is 17.2. The molecule has 0 aromatic carbocycles. The van der Waals surface area contributed by atoms with Crippen molar-refractivity contribution in [3.63, 3.8) is 0 Å². The molecule has 64 valence electrons. The van der Waals surface area contributed by atoms with Gasteiger partial charge >= 0.3 is 5.97 Å². The van der Waals surface area contributed by atoms with Crippen LogP contribution in [0.25, 0.3) is 0 Å². The van der Waals surface area contributed by atoms with E-state index in [1.165, 1.54) is 6.08 Å². The van der Waals surface area contributed by atoms with Crippen LogP contribution in [0.4, 0.5) is 0 Å². The van der Waals surface area contributed by atoms with E-state index in [1.807, 2.05) is 0 Å². The number of halogens is 1. The summed E-state index contributed by atoms with van der Waals surface area (Å²) in [6, 6.07) is 0. The Kier molecular flexibility index (Phi) is 2.65. The molecule has 0 saturated heterocycles. The molecule has 0 unspecified atom stereocenters. The number of hydrogen-bond donors (Lipinski definition) is 1. The first-order valence-corrected chi connectivity index (χ1v) is 3.80. The molecule has 1 N–H and O–H groups in total. The van der Waals surface area contributed by atoms with Crippen molar-refractivity contribution in [2.75, 3.05) is 0 Å². The van der Waals surface area contributed by atoms with Crippen molar-refractivity contribution in [2.45, 2.75) is 12.8 Å². The molecular formula is C8H7ClO3. The maximum atomic E-state index is 10.5. The summed E-state index contributed by atoms with van der Waals surface area (Å²) < 4.78 is 0. The van der Waals surface area contributed by atoms with Gasteiger partial charge < -0.3 is 5.11 Å². The molecule has 0 radical (unpaired) electrons. The molecule has 0 aliphatic heterocycles. The minimum absolute atomic E-state index is 0.0324. The number of hydrogen-bond acceptors (Lipinski definition) is 2. The van der Waals surface area contributed by atoms with E-state index in [4.69, 9.17) is 16.7 Å². The van der Waals surface area contributed by atoms with Gasteiger partial charge in [0.1, 0.15) is 6.29 Å². The van der Waals surface area contributed by atoms with Crippen LogP contribution in [0, 0.1) is 0 Å². The summed E-state index contributed by atoms with van der Waals surface area (Å²) in [6.45, 7) is 0. The summed E-state index contributed by atoms with van der Waals surface area (Å²) in [6.07, 6.45) is 2.94. The van der Waals surface area contributed by atoms with Crippen LogP contribution in [-0.2, 0) is 9.59 Å². The molecule has 0 aromatic heterocycles. The fraction of sp³-hybridized carbons (Fsp3) is 0.250. The third-order valence-corrected chi connectivity index (χ3v) is 2.03. The van der Waals surface area contributed by atoms with Crippen molar-refractivity contribution in [1.82, 2.24) is 0 Å². The van der Waals surface area contributed by atoms with Crippen LogP contribution in [0.1, 0.15) is 12.8 Å². The standard InChI is InChI=1S/C8H7ClO3/c9-7-2-1-5(4-10)3-6(7)8(11)12/h3-4H,1-2H2,(H,11,12).